The van der Waals surface area contributed by atoms with Crippen LogP contribution in [0.15, 0.2) is 24.5 Å². The number of anilines is 1. The van der Waals surface area contributed by atoms with Gasteiger partial charge in [0.2, 0.25) is 0 Å². The molecule has 0 aliphatic heterocycles. The fraction of sp³-hybridized carbons (Fsp3) is 0.182. The summed E-state index contributed by atoms with van der Waals surface area (Å²) in [5.41, 5.74) is 5.04. The van der Waals surface area contributed by atoms with Crippen molar-refractivity contribution in [3.8, 4) is 11.1 Å². The van der Waals surface area contributed by atoms with E-state index in [2.05, 4.69) is 5.10 Å². The Morgan fingerprint density at radius 1 is 1.22 bits per heavy atom. The molecule has 0 fully saturated rings. The van der Waals surface area contributed by atoms with Gasteiger partial charge in [0.15, 0.2) is 11.6 Å². The lowest BCUT2D eigenvalue weighted by molar-refractivity contribution is 0.122. The van der Waals surface area contributed by atoms with Crippen LogP contribution in [-0.4, -0.2) is 16.2 Å². The van der Waals surface area contributed by atoms with Crippen LogP contribution in [0.5, 0.6) is 0 Å². The van der Waals surface area contributed by atoms with Crippen molar-refractivity contribution in [2.45, 2.75) is 13.0 Å². The standard InChI is InChI=1S/C11H9F4N3/c12-9(13)5-18-4-6(3-17-18)7-1-2-8(16)11(15)10(7)14/h1-4,9H,5,16H2. The first-order valence-electron chi connectivity index (χ1n) is 5.03. The molecule has 7 heteroatoms. The molecule has 2 rings (SSSR count). The fourth-order valence-corrected chi connectivity index (χ4v) is 1.53. The molecular formula is C11H9F4N3. The van der Waals surface area contributed by atoms with E-state index in [-0.39, 0.29) is 16.8 Å². The van der Waals surface area contributed by atoms with Crippen LogP contribution in [0, 0.1) is 11.6 Å². The number of benzene rings is 1. The van der Waals surface area contributed by atoms with Gasteiger partial charge in [-0.2, -0.15) is 5.10 Å². The van der Waals surface area contributed by atoms with E-state index in [0.717, 1.165) is 4.68 Å². The highest BCUT2D eigenvalue weighted by Gasteiger charge is 2.15. The number of nitrogens with zero attached hydrogens (tertiary/aromatic N) is 2. The molecule has 0 amide bonds. The first kappa shape index (κ1) is 12.4. The third-order valence-electron chi connectivity index (χ3n) is 2.38. The normalized spacial score (nSPS) is 11.2. The molecule has 2 aromatic rings. The number of alkyl halides is 2. The predicted molar refractivity (Wildman–Crippen MR) is 58.0 cm³/mol. The molecule has 0 aliphatic carbocycles. The van der Waals surface area contributed by atoms with Gasteiger partial charge in [-0.25, -0.2) is 17.6 Å². The van der Waals surface area contributed by atoms with Crippen LogP contribution in [-0.2, 0) is 6.54 Å². The molecular weight excluding hydrogens is 250 g/mol. The summed E-state index contributed by atoms with van der Waals surface area (Å²) in [6.07, 6.45) is -0.151. The Balaban J connectivity index is 2.37. The summed E-state index contributed by atoms with van der Waals surface area (Å²) < 4.78 is 52.0. The van der Waals surface area contributed by atoms with Gasteiger partial charge in [0.05, 0.1) is 11.9 Å². The molecule has 0 saturated carbocycles. The maximum atomic E-state index is 13.6. The lowest BCUT2D eigenvalue weighted by atomic mass is 10.1. The second kappa shape index (κ2) is 4.67. The van der Waals surface area contributed by atoms with E-state index in [1.54, 1.807) is 0 Å². The molecule has 0 saturated heterocycles. The topological polar surface area (TPSA) is 43.8 Å². The molecule has 0 bridgehead atoms. The first-order chi connectivity index (χ1) is 8.49. The molecule has 2 N–H and O–H groups in total. The van der Waals surface area contributed by atoms with Gasteiger partial charge in [-0.3, -0.25) is 4.68 Å². The van der Waals surface area contributed by atoms with Crippen LogP contribution in [0.3, 0.4) is 0 Å². The van der Waals surface area contributed by atoms with E-state index >= 15 is 0 Å². The van der Waals surface area contributed by atoms with Crippen molar-refractivity contribution in [1.29, 1.82) is 0 Å². The fourth-order valence-electron chi connectivity index (χ4n) is 1.53. The SMILES string of the molecule is Nc1ccc(-c2cnn(CC(F)F)c2)c(F)c1F. The van der Waals surface area contributed by atoms with Crippen molar-refractivity contribution in [3.05, 3.63) is 36.2 Å². The molecule has 0 aliphatic rings. The van der Waals surface area contributed by atoms with E-state index < -0.39 is 24.6 Å². The zero-order chi connectivity index (χ0) is 13.3. The zero-order valence-corrected chi connectivity index (χ0v) is 9.08. The Kier molecular flexibility index (Phi) is 3.22. The highest BCUT2D eigenvalue weighted by Crippen LogP contribution is 2.27. The highest BCUT2D eigenvalue weighted by atomic mass is 19.3. The summed E-state index contributed by atoms with van der Waals surface area (Å²) in [6.45, 7) is -0.598. The van der Waals surface area contributed by atoms with Gasteiger partial charge in [0.25, 0.3) is 6.43 Å². The lowest BCUT2D eigenvalue weighted by Gasteiger charge is -2.03. The number of hydrogen-bond acceptors (Lipinski definition) is 2. The van der Waals surface area contributed by atoms with Gasteiger partial charge >= 0.3 is 0 Å². The van der Waals surface area contributed by atoms with Gasteiger partial charge in [0, 0.05) is 17.3 Å². The Morgan fingerprint density at radius 3 is 2.61 bits per heavy atom. The Bertz CT molecular complexity index is 565. The van der Waals surface area contributed by atoms with Crippen molar-refractivity contribution < 1.29 is 17.6 Å². The van der Waals surface area contributed by atoms with Crippen molar-refractivity contribution >= 4 is 5.69 Å². The monoisotopic (exact) mass is 259 g/mol. The van der Waals surface area contributed by atoms with E-state index in [1.807, 2.05) is 0 Å². The molecule has 1 heterocycles. The van der Waals surface area contributed by atoms with Gasteiger partial charge in [-0.1, -0.05) is 0 Å². The highest BCUT2D eigenvalue weighted by molar-refractivity contribution is 5.65. The number of hydrogen-bond donors (Lipinski definition) is 1. The predicted octanol–water partition coefficient (Wildman–Crippen LogP) is 2.68. The smallest absolute Gasteiger partial charge is 0.257 e. The second-order valence-electron chi connectivity index (χ2n) is 3.67. The van der Waals surface area contributed by atoms with Gasteiger partial charge in [-0.05, 0) is 12.1 Å². The minimum atomic E-state index is -2.56. The quantitative estimate of drug-likeness (QED) is 0.680. The van der Waals surface area contributed by atoms with Crippen molar-refractivity contribution in [2.75, 3.05) is 5.73 Å². The number of nitrogens with two attached hydrogens (primary N) is 1. The van der Waals surface area contributed by atoms with Crippen molar-refractivity contribution in [1.82, 2.24) is 9.78 Å². The maximum absolute atomic E-state index is 13.6. The molecule has 96 valence electrons. The summed E-state index contributed by atoms with van der Waals surface area (Å²) in [6, 6.07) is 2.48. The molecule has 18 heavy (non-hydrogen) atoms. The summed E-state index contributed by atoms with van der Waals surface area (Å²) in [5, 5.41) is 3.64. The average molecular weight is 259 g/mol. The second-order valence-corrected chi connectivity index (χ2v) is 3.67. The number of nitrogen functional groups attached to an aromatic ring is 1. The summed E-state index contributed by atoms with van der Waals surface area (Å²) in [4.78, 5) is 0. The third kappa shape index (κ3) is 2.29. The first-order valence-corrected chi connectivity index (χ1v) is 5.03. The van der Waals surface area contributed by atoms with E-state index in [9.17, 15) is 17.6 Å². The number of halogens is 4. The molecule has 1 aromatic heterocycles. The average Bonchev–Trinajstić information content (AvgIpc) is 2.73. The van der Waals surface area contributed by atoms with E-state index in [4.69, 9.17) is 5.73 Å². The number of aromatic nitrogens is 2. The molecule has 3 nitrogen and oxygen atoms in total. The summed E-state index contributed by atoms with van der Waals surface area (Å²) in [7, 11) is 0. The molecule has 0 radical (unpaired) electrons. The Labute approximate surface area is 99.8 Å². The maximum Gasteiger partial charge on any atom is 0.257 e. The molecule has 0 atom stereocenters. The van der Waals surface area contributed by atoms with E-state index in [1.165, 1.54) is 24.5 Å². The minimum Gasteiger partial charge on any atom is -0.396 e. The molecule has 1 aromatic carbocycles. The molecule has 0 unspecified atom stereocenters. The van der Waals surface area contributed by atoms with Crippen LogP contribution < -0.4 is 5.73 Å². The van der Waals surface area contributed by atoms with Crippen LogP contribution in [0.4, 0.5) is 23.2 Å². The molecule has 0 spiro atoms. The summed E-state index contributed by atoms with van der Waals surface area (Å²) >= 11 is 0. The largest absolute Gasteiger partial charge is 0.396 e. The van der Waals surface area contributed by atoms with Crippen LogP contribution in [0.1, 0.15) is 0 Å². The van der Waals surface area contributed by atoms with E-state index in [0.29, 0.717) is 0 Å². The van der Waals surface area contributed by atoms with Gasteiger partial charge in [-0.15, -0.1) is 0 Å². The Morgan fingerprint density at radius 2 is 1.94 bits per heavy atom. The summed E-state index contributed by atoms with van der Waals surface area (Å²) in [5.74, 6) is -2.28. The van der Waals surface area contributed by atoms with Crippen LogP contribution in [0.2, 0.25) is 0 Å². The Hall–Kier alpha value is -2.05. The van der Waals surface area contributed by atoms with Gasteiger partial charge < -0.3 is 5.73 Å². The van der Waals surface area contributed by atoms with Crippen molar-refractivity contribution in [3.63, 3.8) is 0 Å². The third-order valence-corrected chi connectivity index (χ3v) is 2.38. The van der Waals surface area contributed by atoms with Crippen LogP contribution >= 0.6 is 0 Å². The minimum absolute atomic E-state index is 0.0674. The van der Waals surface area contributed by atoms with Crippen LogP contribution in [0.25, 0.3) is 11.1 Å². The van der Waals surface area contributed by atoms with Crippen molar-refractivity contribution in [2.24, 2.45) is 0 Å². The van der Waals surface area contributed by atoms with Gasteiger partial charge in [0.1, 0.15) is 6.54 Å². The number of rotatable bonds is 3. The lowest BCUT2D eigenvalue weighted by Crippen LogP contribution is -2.06. The zero-order valence-electron chi connectivity index (χ0n) is 9.08.